The first-order valence-corrected chi connectivity index (χ1v) is 7.84. The van der Waals surface area contributed by atoms with Gasteiger partial charge in [0.05, 0.1) is 29.4 Å². The summed E-state index contributed by atoms with van der Waals surface area (Å²) in [6.07, 6.45) is 2.94. The van der Waals surface area contributed by atoms with Crippen LogP contribution in [-0.4, -0.2) is 12.6 Å². The molecule has 0 bridgehead atoms. The summed E-state index contributed by atoms with van der Waals surface area (Å²) in [7, 11) is 0. The van der Waals surface area contributed by atoms with E-state index in [0.717, 1.165) is 36.9 Å². The number of nitriles is 2. The molecule has 1 fully saturated rings. The zero-order valence-corrected chi connectivity index (χ0v) is 12.6. The molecule has 0 amide bonds. The summed E-state index contributed by atoms with van der Waals surface area (Å²) < 4.78 is 5.42. The molecule has 5 nitrogen and oxygen atoms in total. The average molecular weight is 305 g/mol. The van der Waals surface area contributed by atoms with Crippen LogP contribution in [0.5, 0.6) is 0 Å². The maximum atomic E-state index is 12.5. The van der Waals surface area contributed by atoms with Crippen LogP contribution in [0.2, 0.25) is 0 Å². The summed E-state index contributed by atoms with van der Waals surface area (Å²) in [5.74, 6) is 0. The monoisotopic (exact) mass is 305 g/mol. The minimum Gasteiger partial charge on any atom is -0.422 e. The minimum atomic E-state index is -1.18. The smallest absolute Gasteiger partial charge is 0.341 e. The normalized spacial score (nSPS) is 21.8. The van der Waals surface area contributed by atoms with Gasteiger partial charge in [0.2, 0.25) is 0 Å². The predicted octanol–water partition coefficient (Wildman–Crippen LogP) is 2.74. The molecule has 1 unspecified atom stereocenters. The Hall–Kier alpha value is -2.79. The van der Waals surface area contributed by atoms with E-state index < -0.39 is 11.0 Å². The molecule has 4 rings (SSSR count). The highest BCUT2D eigenvalue weighted by molar-refractivity contribution is 5.93. The minimum absolute atomic E-state index is 0.143. The Morgan fingerprint density at radius 3 is 2.78 bits per heavy atom. The first kappa shape index (κ1) is 13.8. The molecule has 2 aromatic rings. The quantitative estimate of drug-likeness (QED) is 0.699. The lowest BCUT2D eigenvalue weighted by Gasteiger charge is -2.47. The van der Waals surface area contributed by atoms with Crippen LogP contribution >= 0.6 is 0 Å². The molecule has 0 radical (unpaired) electrons. The Morgan fingerprint density at radius 1 is 1.22 bits per heavy atom. The molecule has 114 valence electrons. The maximum Gasteiger partial charge on any atom is 0.341 e. The zero-order chi connectivity index (χ0) is 16.0. The number of para-hydroxylation sites is 1. The summed E-state index contributed by atoms with van der Waals surface area (Å²) >= 11 is 0. The Morgan fingerprint density at radius 2 is 2.00 bits per heavy atom. The summed E-state index contributed by atoms with van der Waals surface area (Å²) in [5.41, 5.74) is 0.275. The van der Waals surface area contributed by atoms with Crippen molar-refractivity contribution in [2.24, 2.45) is 5.41 Å². The fraction of sp³-hybridized carbons (Fsp3) is 0.389. The molecular formula is C18H15N3O2. The van der Waals surface area contributed by atoms with E-state index in [0.29, 0.717) is 11.1 Å². The summed E-state index contributed by atoms with van der Waals surface area (Å²) in [6.45, 7) is 0.760. The van der Waals surface area contributed by atoms with Gasteiger partial charge in [0.1, 0.15) is 5.58 Å². The Labute approximate surface area is 133 Å². The number of hydrogen-bond donors (Lipinski definition) is 0. The molecule has 1 aromatic heterocycles. The van der Waals surface area contributed by atoms with Crippen molar-refractivity contribution < 1.29 is 4.42 Å². The molecule has 0 saturated carbocycles. The molecule has 1 atom stereocenters. The van der Waals surface area contributed by atoms with E-state index in [-0.39, 0.29) is 12.5 Å². The van der Waals surface area contributed by atoms with Crippen LogP contribution in [-0.2, 0) is 6.42 Å². The van der Waals surface area contributed by atoms with E-state index in [1.807, 2.05) is 18.2 Å². The van der Waals surface area contributed by atoms with E-state index in [9.17, 15) is 15.3 Å². The third-order valence-corrected chi connectivity index (χ3v) is 5.09. The van der Waals surface area contributed by atoms with E-state index in [1.54, 1.807) is 6.07 Å². The van der Waals surface area contributed by atoms with Crippen molar-refractivity contribution in [3.05, 3.63) is 40.2 Å². The standard InChI is InChI=1S/C18H15N3O2/c19-10-18(11-20)9-13-16(21-8-4-3-7-15(18)21)12-5-1-2-6-14(12)23-17(13)22/h1-2,5-6,15H,3-4,7-9H2. The van der Waals surface area contributed by atoms with Gasteiger partial charge in [-0.15, -0.1) is 0 Å². The van der Waals surface area contributed by atoms with Crippen LogP contribution < -0.4 is 10.5 Å². The van der Waals surface area contributed by atoms with Gasteiger partial charge in [-0.25, -0.2) is 4.79 Å². The van der Waals surface area contributed by atoms with Gasteiger partial charge < -0.3 is 9.32 Å². The van der Waals surface area contributed by atoms with E-state index in [1.165, 1.54) is 0 Å². The second kappa shape index (κ2) is 4.86. The van der Waals surface area contributed by atoms with Gasteiger partial charge in [-0.1, -0.05) is 12.1 Å². The average Bonchev–Trinajstić information content (AvgIpc) is 2.61. The molecule has 5 heteroatoms. The zero-order valence-electron chi connectivity index (χ0n) is 12.6. The number of rotatable bonds is 0. The summed E-state index contributed by atoms with van der Waals surface area (Å²) in [6, 6.07) is 11.7. The molecule has 23 heavy (non-hydrogen) atoms. The fourth-order valence-electron chi connectivity index (χ4n) is 4.02. The molecule has 0 aliphatic carbocycles. The largest absolute Gasteiger partial charge is 0.422 e. The number of fused-ring (bicyclic) bond motifs is 5. The van der Waals surface area contributed by atoms with Crippen molar-refractivity contribution in [3.8, 4) is 12.1 Å². The van der Waals surface area contributed by atoms with Crippen LogP contribution in [0.3, 0.4) is 0 Å². The molecule has 2 aliphatic rings. The van der Waals surface area contributed by atoms with Crippen molar-refractivity contribution in [1.29, 1.82) is 10.5 Å². The first-order valence-electron chi connectivity index (χ1n) is 7.84. The number of hydrogen-bond acceptors (Lipinski definition) is 5. The third kappa shape index (κ3) is 1.80. The van der Waals surface area contributed by atoms with Crippen LogP contribution in [0.1, 0.15) is 24.8 Å². The third-order valence-electron chi connectivity index (χ3n) is 5.09. The molecule has 0 N–H and O–H groups in total. The molecule has 0 spiro atoms. The highest BCUT2D eigenvalue weighted by atomic mass is 16.4. The van der Waals surface area contributed by atoms with Crippen LogP contribution in [0.15, 0.2) is 33.5 Å². The number of anilines is 1. The van der Waals surface area contributed by atoms with Crippen LogP contribution in [0.4, 0.5) is 5.69 Å². The molecule has 3 heterocycles. The number of piperidine rings is 1. The van der Waals surface area contributed by atoms with Gasteiger partial charge in [0.15, 0.2) is 5.41 Å². The second-order valence-electron chi connectivity index (χ2n) is 6.29. The predicted molar refractivity (Wildman–Crippen MR) is 84.8 cm³/mol. The van der Waals surface area contributed by atoms with E-state index in [4.69, 9.17) is 4.42 Å². The summed E-state index contributed by atoms with van der Waals surface area (Å²) in [5, 5.41) is 20.2. The van der Waals surface area contributed by atoms with E-state index in [2.05, 4.69) is 17.0 Å². The second-order valence-corrected chi connectivity index (χ2v) is 6.29. The maximum absolute atomic E-state index is 12.5. The van der Waals surface area contributed by atoms with Crippen molar-refractivity contribution in [3.63, 3.8) is 0 Å². The fourth-order valence-corrected chi connectivity index (χ4v) is 4.02. The van der Waals surface area contributed by atoms with Gasteiger partial charge in [-0.05, 0) is 31.4 Å². The van der Waals surface area contributed by atoms with E-state index >= 15 is 0 Å². The highest BCUT2D eigenvalue weighted by Crippen LogP contribution is 2.46. The Balaban J connectivity index is 2.07. The van der Waals surface area contributed by atoms with Gasteiger partial charge in [0.25, 0.3) is 0 Å². The molecule has 2 aliphatic heterocycles. The van der Waals surface area contributed by atoms with Crippen molar-refractivity contribution in [1.82, 2.24) is 0 Å². The van der Waals surface area contributed by atoms with Crippen LogP contribution in [0, 0.1) is 28.1 Å². The van der Waals surface area contributed by atoms with Gasteiger partial charge in [0, 0.05) is 18.4 Å². The van der Waals surface area contributed by atoms with Gasteiger partial charge in [-0.3, -0.25) is 0 Å². The highest BCUT2D eigenvalue weighted by Gasteiger charge is 2.50. The SMILES string of the molecule is N#CC1(C#N)Cc2c(c3ccccc3oc2=O)N2CCCCC21. The van der Waals surface area contributed by atoms with Crippen LogP contribution in [0.25, 0.3) is 11.0 Å². The summed E-state index contributed by atoms with van der Waals surface area (Å²) in [4.78, 5) is 14.6. The Kier molecular flexibility index (Phi) is 2.92. The lowest BCUT2D eigenvalue weighted by molar-refractivity contribution is 0.303. The first-order chi connectivity index (χ1) is 11.2. The molecular weight excluding hydrogens is 290 g/mol. The number of benzene rings is 1. The van der Waals surface area contributed by atoms with Gasteiger partial charge >= 0.3 is 5.63 Å². The topological polar surface area (TPSA) is 81.0 Å². The lowest BCUT2D eigenvalue weighted by atomic mass is 9.70. The lowest BCUT2D eigenvalue weighted by Crippen LogP contribution is -2.55. The molecule has 1 aromatic carbocycles. The molecule has 1 saturated heterocycles. The van der Waals surface area contributed by atoms with Crippen molar-refractivity contribution in [2.75, 3.05) is 11.4 Å². The van der Waals surface area contributed by atoms with Gasteiger partial charge in [-0.2, -0.15) is 10.5 Å². The van der Waals surface area contributed by atoms with Crippen molar-refractivity contribution in [2.45, 2.75) is 31.7 Å². The number of nitrogens with zero attached hydrogens (tertiary/aromatic N) is 3. The van der Waals surface area contributed by atoms with Crippen molar-refractivity contribution >= 4 is 16.7 Å². The Bertz CT molecular complexity index is 918.